The van der Waals surface area contributed by atoms with Crippen LogP contribution in [0.25, 0.3) is 0 Å². The Morgan fingerprint density at radius 3 is 2.68 bits per heavy atom. The minimum atomic E-state index is -0.0525. The van der Waals surface area contributed by atoms with E-state index in [0.29, 0.717) is 11.6 Å². The topological polar surface area (TPSA) is 38.3 Å². The van der Waals surface area contributed by atoms with Gasteiger partial charge < -0.3 is 10.1 Å². The zero-order valence-electron chi connectivity index (χ0n) is 12.8. The fourth-order valence-corrected chi connectivity index (χ4v) is 2.28. The van der Waals surface area contributed by atoms with Gasteiger partial charge in [-0.1, -0.05) is 41.9 Å². The molecular formula is C18H20ClNO2. The van der Waals surface area contributed by atoms with Gasteiger partial charge in [0, 0.05) is 11.6 Å². The van der Waals surface area contributed by atoms with E-state index in [9.17, 15) is 4.79 Å². The van der Waals surface area contributed by atoms with Gasteiger partial charge in [-0.15, -0.1) is 0 Å². The van der Waals surface area contributed by atoms with Gasteiger partial charge in [-0.05, 0) is 43.2 Å². The third-order valence-electron chi connectivity index (χ3n) is 3.07. The minimum Gasteiger partial charge on any atom is -0.491 e. The summed E-state index contributed by atoms with van der Waals surface area (Å²) < 4.78 is 5.64. The van der Waals surface area contributed by atoms with E-state index in [-0.39, 0.29) is 18.4 Å². The van der Waals surface area contributed by atoms with Crippen LogP contribution in [-0.2, 0) is 17.8 Å². The molecule has 2 aromatic rings. The second kappa shape index (κ2) is 7.85. The van der Waals surface area contributed by atoms with E-state index in [1.165, 1.54) is 0 Å². The van der Waals surface area contributed by atoms with E-state index in [0.717, 1.165) is 16.9 Å². The number of carbonyl (C=O) groups excluding carboxylic acids is 1. The third-order valence-corrected chi connectivity index (χ3v) is 3.44. The lowest BCUT2D eigenvalue weighted by Crippen LogP contribution is -2.24. The zero-order chi connectivity index (χ0) is 15.9. The lowest BCUT2D eigenvalue weighted by Gasteiger charge is -2.11. The summed E-state index contributed by atoms with van der Waals surface area (Å²) in [6.07, 6.45) is 0.409. The third kappa shape index (κ3) is 5.08. The van der Waals surface area contributed by atoms with Crippen LogP contribution in [-0.4, -0.2) is 12.0 Å². The number of nitrogens with one attached hydrogen (secondary N) is 1. The molecule has 0 spiro atoms. The number of amides is 1. The highest BCUT2D eigenvalue weighted by Gasteiger charge is 2.07. The summed E-state index contributed by atoms with van der Waals surface area (Å²) in [6.45, 7) is 4.44. The molecule has 22 heavy (non-hydrogen) atoms. The second-order valence-electron chi connectivity index (χ2n) is 5.36. The Morgan fingerprint density at radius 2 is 1.95 bits per heavy atom. The van der Waals surface area contributed by atoms with Crippen LogP contribution in [0.3, 0.4) is 0 Å². The largest absolute Gasteiger partial charge is 0.491 e. The summed E-state index contributed by atoms with van der Waals surface area (Å²) >= 11 is 6.06. The molecule has 0 bridgehead atoms. The van der Waals surface area contributed by atoms with Crippen molar-refractivity contribution in [3.63, 3.8) is 0 Å². The van der Waals surface area contributed by atoms with Gasteiger partial charge >= 0.3 is 0 Å². The van der Waals surface area contributed by atoms with Gasteiger partial charge in [-0.3, -0.25) is 4.79 Å². The van der Waals surface area contributed by atoms with Gasteiger partial charge in [0.25, 0.3) is 0 Å². The Labute approximate surface area is 136 Å². The molecule has 0 aromatic heterocycles. The van der Waals surface area contributed by atoms with Crippen molar-refractivity contribution >= 4 is 17.5 Å². The predicted octanol–water partition coefficient (Wildman–Crippen LogP) is 3.99. The summed E-state index contributed by atoms with van der Waals surface area (Å²) in [5.41, 5.74) is 1.84. The normalized spacial score (nSPS) is 10.5. The molecule has 0 saturated heterocycles. The summed E-state index contributed by atoms with van der Waals surface area (Å²) in [5, 5.41) is 3.52. The second-order valence-corrected chi connectivity index (χ2v) is 5.77. The highest BCUT2D eigenvalue weighted by Crippen LogP contribution is 2.16. The maximum Gasteiger partial charge on any atom is 0.224 e. The van der Waals surface area contributed by atoms with Crippen molar-refractivity contribution in [2.24, 2.45) is 0 Å². The van der Waals surface area contributed by atoms with Crippen molar-refractivity contribution in [3.05, 3.63) is 64.7 Å². The molecule has 2 aromatic carbocycles. The first-order valence-corrected chi connectivity index (χ1v) is 7.68. The van der Waals surface area contributed by atoms with Gasteiger partial charge in [-0.25, -0.2) is 0 Å². The SMILES string of the molecule is CC(C)Oc1cccc(CNC(=O)Cc2ccccc2Cl)c1. The molecule has 0 radical (unpaired) electrons. The molecule has 0 saturated carbocycles. The van der Waals surface area contributed by atoms with E-state index in [4.69, 9.17) is 16.3 Å². The number of carbonyl (C=O) groups is 1. The zero-order valence-corrected chi connectivity index (χ0v) is 13.6. The molecule has 116 valence electrons. The first-order chi connectivity index (χ1) is 10.5. The van der Waals surface area contributed by atoms with Crippen LogP contribution in [0, 0.1) is 0 Å². The minimum absolute atomic E-state index is 0.0525. The smallest absolute Gasteiger partial charge is 0.224 e. The highest BCUT2D eigenvalue weighted by molar-refractivity contribution is 6.31. The molecule has 0 unspecified atom stereocenters. The molecule has 0 heterocycles. The van der Waals surface area contributed by atoms with Gasteiger partial charge in [-0.2, -0.15) is 0 Å². The molecule has 2 rings (SSSR count). The standard InChI is InChI=1S/C18H20ClNO2/c1-13(2)22-16-8-5-6-14(10-16)12-20-18(21)11-15-7-3-4-9-17(15)19/h3-10,13H,11-12H2,1-2H3,(H,20,21). The number of rotatable bonds is 6. The summed E-state index contributed by atoms with van der Waals surface area (Å²) in [6, 6.07) is 15.1. The summed E-state index contributed by atoms with van der Waals surface area (Å²) in [5.74, 6) is 0.760. The molecule has 4 heteroatoms. The van der Waals surface area contributed by atoms with Gasteiger partial charge in [0.1, 0.15) is 5.75 Å². The van der Waals surface area contributed by atoms with Crippen molar-refractivity contribution in [3.8, 4) is 5.75 Å². The van der Waals surface area contributed by atoms with Crippen LogP contribution in [0.4, 0.5) is 0 Å². The molecule has 0 fully saturated rings. The number of halogens is 1. The number of hydrogen-bond acceptors (Lipinski definition) is 2. The van der Waals surface area contributed by atoms with Crippen LogP contribution in [0.1, 0.15) is 25.0 Å². The molecule has 1 N–H and O–H groups in total. The number of hydrogen-bond donors (Lipinski definition) is 1. The molecule has 0 aliphatic carbocycles. The van der Waals surface area contributed by atoms with Crippen LogP contribution in [0.5, 0.6) is 5.75 Å². The first kappa shape index (κ1) is 16.4. The monoisotopic (exact) mass is 317 g/mol. The average molecular weight is 318 g/mol. The molecular weight excluding hydrogens is 298 g/mol. The maximum absolute atomic E-state index is 12.0. The van der Waals surface area contributed by atoms with Gasteiger partial charge in [0.15, 0.2) is 0 Å². The molecule has 3 nitrogen and oxygen atoms in total. The Bertz CT molecular complexity index is 640. The molecule has 0 aliphatic rings. The Kier molecular flexibility index (Phi) is 5.84. The fourth-order valence-electron chi connectivity index (χ4n) is 2.08. The van der Waals surface area contributed by atoms with Crippen molar-refractivity contribution in [1.29, 1.82) is 0 Å². The van der Waals surface area contributed by atoms with Crippen LogP contribution < -0.4 is 10.1 Å². The van der Waals surface area contributed by atoms with Crippen LogP contribution in [0.2, 0.25) is 5.02 Å². The Hall–Kier alpha value is -2.00. The van der Waals surface area contributed by atoms with Gasteiger partial charge in [0.05, 0.1) is 12.5 Å². The molecule has 0 atom stereocenters. The number of benzene rings is 2. The lowest BCUT2D eigenvalue weighted by atomic mass is 10.1. The van der Waals surface area contributed by atoms with E-state index in [2.05, 4.69) is 5.32 Å². The van der Waals surface area contributed by atoms with E-state index >= 15 is 0 Å². The lowest BCUT2D eigenvalue weighted by molar-refractivity contribution is -0.120. The van der Waals surface area contributed by atoms with Crippen molar-refractivity contribution in [1.82, 2.24) is 5.32 Å². The van der Waals surface area contributed by atoms with Crippen molar-refractivity contribution in [2.75, 3.05) is 0 Å². The van der Waals surface area contributed by atoms with Crippen LogP contribution in [0.15, 0.2) is 48.5 Å². The number of ether oxygens (including phenoxy) is 1. The van der Waals surface area contributed by atoms with Crippen LogP contribution >= 0.6 is 11.6 Å². The van der Waals surface area contributed by atoms with Crippen molar-refractivity contribution < 1.29 is 9.53 Å². The molecule has 0 aliphatic heterocycles. The van der Waals surface area contributed by atoms with E-state index in [1.807, 2.05) is 56.3 Å². The fraction of sp³-hybridized carbons (Fsp3) is 0.278. The molecule has 1 amide bonds. The average Bonchev–Trinajstić information content (AvgIpc) is 2.47. The van der Waals surface area contributed by atoms with E-state index < -0.39 is 0 Å². The highest BCUT2D eigenvalue weighted by atomic mass is 35.5. The summed E-state index contributed by atoms with van der Waals surface area (Å²) in [4.78, 5) is 12.0. The van der Waals surface area contributed by atoms with Gasteiger partial charge in [0.2, 0.25) is 5.91 Å². The quantitative estimate of drug-likeness (QED) is 0.875. The van der Waals surface area contributed by atoms with Crippen molar-refractivity contribution in [2.45, 2.75) is 32.9 Å². The Morgan fingerprint density at radius 1 is 1.18 bits per heavy atom. The first-order valence-electron chi connectivity index (χ1n) is 7.30. The Balaban J connectivity index is 1.90. The summed E-state index contributed by atoms with van der Waals surface area (Å²) in [7, 11) is 0. The maximum atomic E-state index is 12.0. The predicted molar refractivity (Wildman–Crippen MR) is 89.2 cm³/mol. The van der Waals surface area contributed by atoms with E-state index in [1.54, 1.807) is 6.07 Å².